The number of likely N-dealkylation sites (tertiary alicyclic amines) is 1. The van der Waals surface area contributed by atoms with E-state index in [9.17, 15) is 22.8 Å². The van der Waals surface area contributed by atoms with Crippen molar-refractivity contribution in [3.63, 3.8) is 0 Å². The van der Waals surface area contributed by atoms with Crippen LogP contribution in [0.2, 0.25) is 0 Å². The van der Waals surface area contributed by atoms with Gasteiger partial charge in [-0.05, 0) is 54.3 Å². The SMILES string of the molecule is COCCN1CCC(C(=O)NO)(S(=O)(=O)c2ccc(OCCc3cccc(-c4ccccc4F)c3)cc2)CC1.Cl. The van der Waals surface area contributed by atoms with E-state index in [0.717, 1.165) is 11.1 Å². The smallest absolute Gasteiger partial charge is 0.265 e. The van der Waals surface area contributed by atoms with Crippen LogP contribution in [0.25, 0.3) is 11.1 Å². The molecule has 0 aliphatic carbocycles. The van der Waals surface area contributed by atoms with Crippen LogP contribution >= 0.6 is 12.4 Å². The summed E-state index contributed by atoms with van der Waals surface area (Å²) in [6.07, 6.45) is 0.674. The number of nitrogens with one attached hydrogen (secondary N) is 1. The summed E-state index contributed by atoms with van der Waals surface area (Å²) in [5.41, 5.74) is 3.87. The average Bonchev–Trinajstić information content (AvgIpc) is 2.96. The van der Waals surface area contributed by atoms with Crippen molar-refractivity contribution in [1.82, 2.24) is 10.4 Å². The van der Waals surface area contributed by atoms with Gasteiger partial charge in [-0.15, -0.1) is 12.4 Å². The predicted octanol–water partition coefficient (Wildman–Crippen LogP) is 4.30. The normalized spacial score (nSPS) is 15.2. The number of halogens is 2. The lowest BCUT2D eigenvalue weighted by molar-refractivity contribution is -0.133. The van der Waals surface area contributed by atoms with Crippen LogP contribution in [0.1, 0.15) is 18.4 Å². The minimum atomic E-state index is -4.11. The van der Waals surface area contributed by atoms with Crippen molar-refractivity contribution in [2.75, 3.05) is 40.0 Å². The third-order valence-corrected chi connectivity index (χ3v) is 9.73. The summed E-state index contributed by atoms with van der Waals surface area (Å²) < 4.78 is 50.6. The molecule has 0 radical (unpaired) electrons. The first-order valence-corrected chi connectivity index (χ1v) is 14.3. The predicted molar refractivity (Wildman–Crippen MR) is 152 cm³/mol. The van der Waals surface area contributed by atoms with E-state index >= 15 is 0 Å². The van der Waals surface area contributed by atoms with E-state index in [1.165, 1.54) is 18.2 Å². The number of piperidine rings is 1. The van der Waals surface area contributed by atoms with Gasteiger partial charge in [-0.3, -0.25) is 10.0 Å². The first-order chi connectivity index (χ1) is 18.8. The molecule has 0 atom stereocenters. The largest absolute Gasteiger partial charge is 0.493 e. The van der Waals surface area contributed by atoms with Gasteiger partial charge in [0.05, 0.1) is 18.1 Å². The first kappa shape index (κ1) is 31.5. The van der Waals surface area contributed by atoms with E-state index in [0.29, 0.717) is 50.6 Å². The van der Waals surface area contributed by atoms with Crippen molar-refractivity contribution in [3.05, 3.63) is 84.2 Å². The third-order valence-electron chi connectivity index (χ3n) is 7.21. The van der Waals surface area contributed by atoms with Crippen molar-refractivity contribution in [3.8, 4) is 16.9 Å². The summed E-state index contributed by atoms with van der Waals surface area (Å²) in [4.78, 5) is 14.7. The number of rotatable bonds is 11. The molecule has 0 unspecified atom stereocenters. The zero-order valence-electron chi connectivity index (χ0n) is 22.2. The van der Waals surface area contributed by atoms with Gasteiger partial charge < -0.3 is 14.4 Å². The van der Waals surface area contributed by atoms with Crippen molar-refractivity contribution in [2.24, 2.45) is 0 Å². The highest BCUT2D eigenvalue weighted by Gasteiger charge is 2.52. The van der Waals surface area contributed by atoms with E-state index in [1.807, 2.05) is 29.2 Å². The Morgan fingerprint density at radius 1 is 1.02 bits per heavy atom. The number of carbonyl (C=O) groups excluding carboxylic acids is 1. The van der Waals surface area contributed by atoms with E-state index in [4.69, 9.17) is 9.47 Å². The van der Waals surface area contributed by atoms with Crippen molar-refractivity contribution < 1.29 is 32.3 Å². The summed E-state index contributed by atoms with van der Waals surface area (Å²) in [7, 11) is -2.52. The Kier molecular flexibility index (Phi) is 11.1. The molecule has 3 aromatic rings. The Bertz CT molecular complexity index is 1380. The molecule has 11 heteroatoms. The molecule has 1 aliphatic rings. The van der Waals surface area contributed by atoms with Gasteiger partial charge in [0.15, 0.2) is 14.6 Å². The van der Waals surface area contributed by atoms with Crippen molar-refractivity contribution in [1.29, 1.82) is 0 Å². The van der Waals surface area contributed by atoms with Gasteiger partial charge >= 0.3 is 0 Å². The van der Waals surface area contributed by atoms with Gasteiger partial charge in [-0.1, -0.05) is 42.5 Å². The van der Waals surface area contributed by atoms with E-state index in [2.05, 4.69) is 0 Å². The Labute approximate surface area is 240 Å². The summed E-state index contributed by atoms with van der Waals surface area (Å²) in [6, 6.07) is 20.2. The van der Waals surface area contributed by atoms with Gasteiger partial charge in [0, 0.05) is 38.7 Å². The molecular formula is C29H34ClFN2O6S. The second-order valence-corrected chi connectivity index (χ2v) is 11.8. The molecule has 1 amide bonds. The minimum Gasteiger partial charge on any atom is -0.493 e. The highest BCUT2D eigenvalue weighted by atomic mass is 35.5. The number of nitrogens with zero attached hydrogens (tertiary/aromatic N) is 1. The number of methoxy groups -OCH3 is 1. The Morgan fingerprint density at radius 2 is 1.73 bits per heavy atom. The molecule has 2 N–H and O–H groups in total. The van der Waals surface area contributed by atoms with Gasteiger partial charge in [0.1, 0.15) is 11.6 Å². The van der Waals surface area contributed by atoms with E-state index in [-0.39, 0.29) is 36.0 Å². The Morgan fingerprint density at radius 3 is 2.38 bits per heavy atom. The number of hydrogen-bond donors (Lipinski definition) is 2. The quantitative estimate of drug-likeness (QED) is 0.253. The number of amides is 1. The van der Waals surface area contributed by atoms with Crippen LogP contribution in [-0.2, 0) is 25.8 Å². The molecule has 40 heavy (non-hydrogen) atoms. The molecule has 0 saturated carbocycles. The second-order valence-electron chi connectivity index (χ2n) is 9.52. The lowest BCUT2D eigenvalue weighted by atomic mass is 9.95. The third kappa shape index (κ3) is 6.82. The number of hydroxylamine groups is 1. The molecule has 1 saturated heterocycles. The standard InChI is InChI=1S/C29H33FN2O6S.ClH/c1-37-20-18-32-16-14-29(15-17-32,28(33)31-34)39(35,36)25-11-9-24(10-12-25)38-19-13-22-5-4-6-23(21-22)26-7-2-3-8-27(26)30;/h2-12,21,34H,13-20H2,1H3,(H,31,33);1H. The molecule has 8 nitrogen and oxygen atoms in total. The molecule has 4 rings (SSSR count). The molecule has 216 valence electrons. The number of ether oxygens (including phenoxy) is 2. The fraction of sp³-hybridized carbons (Fsp3) is 0.345. The first-order valence-electron chi connectivity index (χ1n) is 12.8. The summed E-state index contributed by atoms with van der Waals surface area (Å²) in [5.74, 6) is -0.725. The topological polar surface area (TPSA) is 105 Å². The van der Waals surface area contributed by atoms with E-state index < -0.39 is 20.5 Å². The maximum Gasteiger partial charge on any atom is 0.265 e. The Balaban J connectivity index is 0.00000441. The Hall–Kier alpha value is -3.02. The van der Waals surface area contributed by atoms with Crippen LogP contribution in [0, 0.1) is 5.82 Å². The average molecular weight is 593 g/mol. The molecule has 3 aromatic carbocycles. The van der Waals surface area contributed by atoms with Gasteiger partial charge in [0.2, 0.25) is 0 Å². The molecule has 0 aromatic heterocycles. The zero-order chi connectivity index (χ0) is 27.9. The van der Waals surface area contributed by atoms with Gasteiger partial charge in [-0.2, -0.15) is 0 Å². The summed E-state index contributed by atoms with van der Waals surface area (Å²) in [6.45, 7) is 2.24. The molecule has 1 aliphatic heterocycles. The molecule has 0 bridgehead atoms. The van der Waals surface area contributed by atoms with Crippen LogP contribution in [0.4, 0.5) is 4.39 Å². The zero-order valence-corrected chi connectivity index (χ0v) is 23.8. The van der Waals surface area contributed by atoms with E-state index in [1.54, 1.807) is 42.9 Å². The highest BCUT2D eigenvalue weighted by molar-refractivity contribution is 7.93. The molecule has 1 fully saturated rings. The summed E-state index contributed by atoms with van der Waals surface area (Å²) >= 11 is 0. The molecule has 1 heterocycles. The fourth-order valence-electron chi connectivity index (χ4n) is 4.89. The lowest BCUT2D eigenvalue weighted by Crippen LogP contribution is -2.57. The number of hydrogen-bond acceptors (Lipinski definition) is 7. The van der Waals surface area contributed by atoms with Crippen LogP contribution in [0.5, 0.6) is 5.75 Å². The van der Waals surface area contributed by atoms with Crippen LogP contribution < -0.4 is 10.2 Å². The lowest BCUT2D eigenvalue weighted by Gasteiger charge is -2.39. The fourth-order valence-corrected chi connectivity index (χ4v) is 6.85. The summed E-state index contributed by atoms with van der Waals surface area (Å²) in [5, 5.41) is 9.36. The van der Waals surface area contributed by atoms with Crippen LogP contribution in [0.3, 0.4) is 0 Å². The van der Waals surface area contributed by atoms with Crippen molar-refractivity contribution in [2.45, 2.75) is 28.9 Å². The number of benzene rings is 3. The number of carbonyl (C=O) groups is 1. The maximum atomic E-state index is 14.2. The molecular weight excluding hydrogens is 559 g/mol. The monoisotopic (exact) mass is 592 g/mol. The second kappa shape index (κ2) is 14.0. The van der Waals surface area contributed by atoms with Crippen molar-refractivity contribution >= 4 is 28.2 Å². The van der Waals surface area contributed by atoms with Crippen LogP contribution in [0.15, 0.2) is 77.7 Å². The highest BCUT2D eigenvalue weighted by Crippen LogP contribution is 2.36. The maximum absolute atomic E-state index is 14.2. The number of sulfone groups is 1. The van der Waals surface area contributed by atoms with Crippen LogP contribution in [-0.4, -0.2) is 69.1 Å². The molecule has 0 spiro atoms. The van der Waals surface area contributed by atoms with Gasteiger partial charge in [-0.25, -0.2) is 18.3 Å². The van der Waals surface area contributed by atoms with Gasteiger partial charge in [0.25, 0.3) is 5.91 Å². The minimum absolute atomic E-state index is 0.